The summed E-state index contributed by atoms with van der Waals surface area (Å²) >= 11 is 5.44. The normalized spacial score (nSPS) is 11.5. The predicted molar refractivity (Wildman–Crippen MR) is 118 cm³/mol. The van der Waals surface area contributed by atoms with E-state index in [0.717, 1.165) is 6.42 Å². The molecule has 0 aliphatic heterocycles. The van der Waals surface area contributed by atoms with Gasteiger partial charge in [0.25, 0.3) is 0 Å². The highest BCUT2D eigenvalue weighted by Crippen LogP contribution is 2.14. The molecule has 0 saturated heterocycles. The van der Waals surface area contributed by atoms with Gasteiger partial charge in [-0.25, -0.2) is 0 Å². The van der Waals surface area contributed by atoms with Gasteiger partial charge in [0.1, 0.15) is 0 Å². The van der Waals surface area contributed by atoms with Gasteiger partial charge in [0.15, 0.2) is 5.78 Å². The molecule has 1 nitrogen and oxygen atoms in total. The highest BCUT2D eigenvalue weighted by molar-refractivity contribution is 6.29. The fourth-order valence-corrected chi connectivity index (χ4v) is 3.51. The lowest BCUT2D eigenvalue weighted by Crippen LogP contribution is -1.91. The van der Waals surface area contributed by atoms with Crippen molar-refractivity contribution in [1.82, 2.24) is 0 Å². The molecule has 0 saturated carbocycles. The summed E-state index contributed by atoms with van der Waals surface area (Å²) in [6.45, 7) is 2.29. The lowest BCUT2D eigenvalue weighted by atomic mass is 10.0. The van der Waals surface area contributed by atoms with Crippen molar-refractivity contribution in [3.05, 3.63) is 12.2 Å². The molecule has 0 N–H and O–H groups in total. The standard InChI is InChI=1S/C24H45ClO/c1-2-3-4-5-6-7-8-9-10-11-12-13-14-15-16-17-18-19-20-21-22-24(26)23-25/h21-22H,2-20,23H2,1H3. The largest absolute Gasteiger partial charge is 0.294 e. The average Bonchev–Trinajstić information content (AvgIpc) is 2.66. The first-order chi connectivity index (χ1) is 12.8. The summed E-state index contributed by atoms with van der Waals surface area (Å²) in [7, 11) is 0. The van der Waals surface area contributed by atoms with Gasteiger partial charge in [0, 0.05) is 0 Å². The summed E-state index contributed by atoms with van der Waals surface area (Å²) in [5, 5.41) is 0. The molecule has 0 unspecified atom stereocenters. The van der Waals surface area contributed by atoms with Crippen LogP contribution in [0.25, 0.3) is 0 Å². The van der Waals surface area contributed by atoms with Gasteiger partial charge in [-0.3, -0.25) is 4.79 Å². The van der Waals surface area contributed by atoms with E-state index < -0.39 is 0 Å². The zero-order valence-corrected chi connectivity index (χ0v) is 18.3. The lowest BCUT2D eigenvalue weighted by Gasteiger charge is -2.03. The maximum atomic E-state index is 11.0. The van der Waals surface area contributed by atoms with E-state index in [0.29, 0.717) is 0 Å². The first-order valence-corrected chi connectivity index (χ1v) is 12.1. The van der Waals surface area contributed by atoms with E-state index >= 15 is 0 Å². The second-order valence-electron chi connectivity index (χ2n) is 7.80. The maximum absolute atomic E-state index is 11.0. The number of rotatable bonds is 21. The molecule has 0 radical (unpaired) electrons. The smallest absolute Gasteiger partial charge is 0.170 e. The van der Waals surface area contributed by atoms with Crippen LogP contribution in [0.1, 0.15) is 129 Å². The topological polar surface area (TPSA) is 17.1 Å². The molecule has 0 aromatic heterocycles. The van der Waals surface area contributed by atoms with Crippen LogP contribution in [0.15, 0.2) is 12.2 Å². The van der Waals surface area contributed by atoms with E-state index in [1.807, 2.05) is 6.08 Å². The summed E-state index contributed by atoms with van der Waals surface area (Å²) in [5.41, 5.74) is 0. The summed E-state index contributed by atoms with van der Waals surface area (Å²) in [5.74, 6) is 0.129. The highest BCUT2D eigenvalue weighted by Gasteiger charge is 1.95. The van der Waals surface area contributed by atoms with E-state index in [2.05, 4.69) is 6.92 Å². The molecular formula is C24H45ClO. The Morgan fingerprint density at radius 1 is 0.615 bits per heavy atom. The summed E-state index contributed by atoms with van der Waals surface area (Å²) in [6.07, 6.45) is 29.9. The number of hydrogen-bond acceptors (Lipinski definition) is 1. The minimum Gasteiger partial charge on any atom is -0.294 e. The third-order valence-electron chi connectivity index (χ3n) is 5.16. The predicted octanol–water partition coefficient (Wildman–Crippen LogP) is 8.78. The van der Waals surface area contributed by atoms with E-state index in [1.165, 1.54) is 116 Å². The molecule has 0 rings (SSSR count). The third kappa shape index (κ3) is 21.7. The van der Waals surface area contributed by atoms with Crippen LogP contribution in [0.2, 0.25) is 0 Å². The fourth-order valence-electron chi connectivity index (χ4n) is 3.42. The number of hydrogen-bond donors (Lipinski definition) is 0. The second-order valence-corrected chi connectivity index (χ2v) is 8.07. The van der Waals surface area contributed by atoms with Crippen LogP contribution < -0.4 is 0 Å². The summed E-state index contributed by atoms with van der Waals surface area (Å²) < 4.78 is 0. The molecule has 0 spiro atoms. The highest BCUT2D eigenvalue weighted by atomic mass is 35.5. The number of unbranched alkanes of at least 4 members (excludes halogenated alkanes) is 18. The number of halogens is 1. The van der Waals surface area contributed by atoms with Crippen molar-refractivity contribution in [2.24, 2.45) is 0 Å². The summed E-state index contributed by atoms with van der Waals surface area (Å²) in [4.78, 5) is 11.0. The van der Waals surface area contributed by atoms with Crippen molar-refractivity contribution in [2.75, 3.05) is 5.88 Å². The maximum Gasteiger partial charge on any atom is 0.170 e. The van der Waals surface area contributed by atoms with Gasteiger partial charge in [-0.1, -0.05) is 122 Å². The Kier molecular flexibility index (Phi) is 22.5. The Morgan fingerprint density at radius 2 is 0.962 bits per heavy atom. The molecule has 0 atom stereocenters. The van der Waals surface area contributed by atoms with Gasteiger partial charge in [0.2, 0.25) is 0 Å². The molecule has 0 amide bonds. The molecule has 0 aromatic rings. The van der Waals surface area contributed by atoms with Gasteiger partial charge in [0.05, 0.1) is 5.88 Å². The van der Waals surface area contributed by atoms with Crippen LogP contribution in [0.4, 0.5) is 0 Å². The third-order valence-corrected chi connectivity index (χ3v) is 5.42. The molecule has 154 valence electrons. The molecule has 0 heterocycles. The van der Waals surface area contributed by atoms with Crippen molar-refractivity contribution in [3.8, 4) is 0 Å². The number of allylic oxidation sites excluding steroid dienone is 2. The average molecular weight is 385 g/mol. The van der Waals surface area contributed by atoms with E-state index in [9.17, 15) is 4.79 Å². The Labute approximate surface area is 169 Å². The number of carbonyl (C=O) groups is 1. The minimum atomic E-state index is 0.0223. The van der Waals surface area contributed by atoms with Crippen LogP contribution in [0, 0.1) is 0 Å². The Hall–Kier alpha value is -0.300. The number of carbonyl (C=O) groups excluding carboxylic acids is 1. The first-order valence-electron chi connectivity index (χ1n) is 11.6. The molecular weight excluding hydrogens is 340 g/mol. The van der Waals surface area contributed by atoms with Crippen LogP contribution in [-0.2, 0) is 4.79 Å². The van der Waals surface area contributed by atoms with Crippen molar-refractivity contribution in [1.29, 1.82) is 0 Å². The lowest BCUT2D eigenvalue weighted by molar-refractivity contribution is -0.112. The van der Waals surface area contributed by atoms with Gasteiger partial charge in [-0.2, -0.15) is 0 Å². The fraction of sp³-hybridized carbons (Fsp3) is 0.875. The second kappa shape index (κ2) is 22.7. The molecule has 0 fully saturated rings. The summed E-state index contributed by atoms with van der Waals surface area (Å²) in [6, 6.07) is 0. The van der Waals surface area contributed by atoms with Crippen molar-refractivity contribution < 1.29 is 4.79 Å². The van der Waals surface area contributed by atoms with Crippen LogP contribution in [0.5, 0.6) is 0 Å². The Balaban J connectivity index is 3.05. The monoisotopic (exact) mass is 384 g/mol. The van der Waals surface area contributed by atoms with Gasteiger partial charge in [-0.15, -0.1) is 11.6 Å². The molecule has 0 aliphatic rings. The SMILES string of the molecule is CCCCCCCCCCCCCCCCCCCCC=CC(=O)CCl. The zero-order chi connectivity index (χ0) is 19.1. The molecule has 2 heteroatoms. The number of ketones is 1. The molecule has 0 aliphatic carbocycles. The van der Waals surface area contributed by atoms with E-state index in [4.69, 9.17) is 11.6 Å². The van der Waals surface area contributed by atoms with Crippen molar-refractivity contribution in [2.45, 2.75) is 129 Å². The van der Waals surface area contributed by atoms with Crippen molar-refractivity contribution >= 4 is 17.4 Å². The Morgan fingerprint density at radius 3 is 1.31 bits per heavy atom. The van der Waals surface area contributed by atoms with Crippen LogP contribution in [0.3, 0.4) is 0 Å². The van der Waals surface area contributed by atoms with Crippen LogP contribution >= 0.6 is 11.6 Å². The van der Waals surface area contributed by atoms with Gasteiger partial charge in [-0.05, 0) is 18.9 Å². The molecule has 26 heavy (non-hydrogen) atoms. The number of alkyl halides is 1. The molecule has 0 bridgehead atoms. The minimum absolute atomic E-state index is 0.0223. The Bertz CT molecular complexity index is 311. The van der Waals surface area contributed by atoms with E-state index in [-0.39, 0.29) is 11.7 Å². The van der Waals surface area contributed by atoms with Crippen LogP contribution in [-0.4, -0.2) is 11.7 Å². The first kappa shape index (κ1) is 25.7. The quantitative estimate of drug-likeness (QED) is 0.110. The van der Waals surface area contributed by atoms with Gasteiger partial charge >= 0.3 is 0 Å². The van der Waals surface area contributed by atoms with E-state index in [1.54, 1.807) is 6.08 Å². The zero-order valence-electron chi connectivity index (χ0n) is 17.6. The van der Waals surface area contributed by atoms with Gasteiger partial charge < -0.3 is 0 Å². The van der Waals surface area contributed by atoms with Crippen molar-refractivity contribution in [3.63, 3.8) is 0 Å². The molecule has 0 aromatic carbocycles.